The van der Waals surface area contributed by atoms with Crippen molar-refractivity contribution in [1.82, 2.24) is 9.55 Å². The van der Waals surface area contributed by atoms with Crippen molar-refractivity contribution < 1.29 is 14.3 Å². The summed E-state index contributed by atoms with van der Waals surface area (Å²) in [7, 11) is 0. The van der Waals surface area contributed by atoms with E-state index < -0.39 is 0 Å². The van der Waals surface area contributed by atoms with Crippen LogP contribution in [-0.2, 0) is 11.3 Å². The van der Waals surface area contributed by atoms with E-state index in [1.54, 1.807) is 42.5 Å². The Labute approximate surface area is 172 Å². The molecule has 0 bridgehead atoms. The second-order valence-corrected chi connectivity index (χ2v) is 6.58. The van der Waals surface area contributed by atoms with Crippen LogP contribution in [0.15, 0.2) is 77.6 Å². The number of imidazole rings is 1. The Morgan fingerprint density at radius 3 is 2.47 bits per heavy atom. The fraction of sp³-hybridized carbons (Fsp3) is 0.130. The van der Waals surface area contributed by atoms with Crippen molar-refractivity contribution in [3.05, 3.63) is 83.3 Å². The van der Waals surface area contributed by atoms with E-state index >= 15 is 0 Å². The van der Waals surface area contributed by atoms with Gasteiger partial charge in [-0.3, -0.25) is 9.36 Å². The molecule has 0 saturated heterocycles. The third-order valence-corrected chi connectivity index (χ3v) is 4.51. The van der Waals surface area contributed by atoms with Gasteiger partial charge in [0.05, 0.1) is 23.3 Å². The number of aromatic nitrogens is 2. The molecule has 1 aromatic heterocycles. The molecule has 0 radical (unpaired) electrons. The highest BCUT2D eigenvalue weighted by Gasteiger charge is 2.13. The Balaban J connectivity index is 1.50. The van der Waals surface area contributed by atoms with Crippen molar-refractivity contribution >= 4 is 22.6 Å². The fourth-order valence-electron chi connectivity index (χ4n) is 3.15. The van der Waals surface area contributed by atoms with E-state index in [-0.39, 0.29) is 18.1 Å². The smallest absolute Gasteiger partial charge is 0.326 e. The molecule has 3 aromatic carbocycles. The number of nitrogens with zero attached hydrogens (tertiary/aromatic N) is 1. The molecular formula is C23H21N3O4. The molecule has 0 spiro atoms. The second-order valence-electron chi connectivity index (χ2n) is 6.58. The summed E-state index contributed by atoms with van der Waals surface area (Å²) in [4.78, 5) is 27.6. The normalized spacial score (nSPS) is 10.7. The van der Waals surface area contributed by atoms with Crippen molar-refractivity contribution in [3.63, 3.8) is 0 Å². The summed E-state index contributed by atoms with van der Waals surface area (Å²) in [6.07, 6.45) is 0. The summed E-state index contributed by atoms with van der Waals surface area (Å²) in [6.45, 7) is 2.41. The van der Waals surface area contributed by atoms with Crippen LogP contribution in [-0.4, -0.2) is 22.1 Å². The van der Waals surface area contributed by atoms with E-state index in [1.165, 1.54) is 4.57 Å². The molecule has 2 N–H and O–H groups in total. The maximum absolute atomic E-state index is 12.6. The van der Waals surface area contributed by atoms with Gasteiger partial charge in [-0.15, -0.1) is 0 Å². The van der Waals surface area contributed by atoms with Gasteiger partial charge in [0.15, 0.2) is 5.75 Å². The minimum absolute atomic E-state index is 0.111. The second kappa shape index (κ2) is 8.57. The minimum Gasteiger partial charge on any atom is -0.494 e. The van der Waals surface area contributed by atoms with Gasteiger partial charge in [-0.2, -0.15) is 0 Å². The molecule has 4 rings (SSSR count). The predicted octanol–water partition coefficient (Wildman–Crippen LogP) is 4.16. The standard InChI is InChI=1S/C23H21N3O4/c1-2-29-16-11-13-17(14-12-16)30-21-10-6-4-8-19(21)24-22(27)15-26-20-9-5-3-7-18(20)25-23(26)28/h3-14H,2,15H2,1H3,(H,24,27)(H,25,28). The van der Waals surface area contributed by atoms with Gasteiger partial charge in [-0.1, -0.05) is 24.3 Å². The summed E-state index contributed by atoms with van der Waals surface area (Å²) < 4.78 is 12.8. The molecule has 0 aliphatic carbocycles. The molecule has 1 heterocycles. The van der Waals surface area contributed by atoms with Gasteiger partial charge < -0.3 is 19.8 Å². The van der Waals surface area contributed by atoms with E-state index in [0.717, 1.165) is 5.75 Å². The Morgan fingerprint density at radius 1 is 0.967 bits per heavy atom. The van der Waals surface area contributed by atoms with Crippen LogP contribution < -0.4 is 20.5 Å². The van der Waals surface area contributed by atoms with Gasteiger partial charge in [0, 0.05) is 0 Å². The summed E-state index contributed by atoms with van der Waals surface area (Å²) in [6, 6.07) is 21.6. The summed E-state index contributed by atoms with van der Waals surface area (Å²) >= 11 is 0. The van der Waals surface area contributed by atoms with Gasteiger partial charge in [-0.05, 0) is 55.5 Å². The molecule has 0 saturated carbocycles. The first-order valence-electron chi connectivity index (χ1n) is 9.61. The van der Waals surface area contributed by atoms with Crippen molar-refractivity contribution in [2.75, 3.05) is 11.9 Å². The monoisotopic (exact) mass is 403 g/mol. The number of ether oxygens (including phenoxy) is 2. The highest BCUT2D eigenvalue weighted by Crippen LogP contribution is 2.30. The minimum atomic E-state index is -0.329. The first-order valence-corrected chi connectivity index (χ1v) is 9.61. The number of rotatable bonds is 7. The molecule has 4 aromatic rings. The van der Waals surface area contributed by atoms with Crippen LogP contribution in [0.5, 0.6) is 17.2 Å². The molecule has 30 heavy (non-hydrogen) atoms. The zero-order valence-corrected chi connectivity index (χ0v) is 16.4. The van der Waals surface area contributed by atoms with E-state index in [9.17, 15) is 9.59 Å². The average molecular weight is 403 g/mol. The summed E-state index contributed by atoms with van der Waals surface area (Å²) in [5.41, 5.74) is 1.56. The number of anilines is 1. The van der Waals surface area contributed by atoms with Crippen LogP contribution in [0.2, 0.25) is 0 Å². The zero-order valence-electron chi connectivity index (χ0n) is 16.4. The number of benzene rings is 3. The summed E-state index contributed by atoms with van der Waals surface area (Å²) in [5.74, 6) is 1.55. The number of carbonyl (C=O) groups is 1. The van der Waals surface area contributed by atoms with Gasteiger partial charge in [-0.25, -0.2) is 4.79 Å². The molecule has 1 amide bonds. The molecule has 0 unspecified atom stereocenters. The van der Waals surface area contributed by atoms with Crippen LogP contribution in [0.4, 0.5) is 5.69 Å². The number of hydrogen-bond acceptors (Lipinski definition) is 4. The topological polar surface area (TPSA) is 85.3 Å². The molecule has 7 nitrogen and oxygen atoms in total. The largest absolute Gasteiger partial charge is 0.494 e. The van der Waals surface area contributed by atoms with Crippen molar-refractivity contribution in [3.8, 4) is 17.2 Å². The lowest BCUT2D eigenvalue weighted by Gasteiger charge is -2.13. The van der Waals surface area contributed by atoms with Crippen LogP contribution in [0.1, 0.15) is 6.92 Å². The molecule has 0 fully saturated rings. The van der Waals surface area contributed by atoms with Crippen LogP contribution in [0.3, 0.4) is 0 Å². The Bertz CT molecular complexity index is 1230. The maximum atomic E-state index is 12.6. The Hall–Kier alpha value is -4.00. The zero-order chi connectivity index (χ0) is 20.9. The van der Waals surface area contributed by atoms with Gasteiger partial charge in [0.2, 0.25) is 5.91 Å². The number of para-hydroxylation sites is 4. The highest BCUT2D eigenvalue weighted by atomic mass is 16.5. The van der Waals surface area contributed by atoms with Crippen molar-refractivity contribution in [2.45, 2.75) is 13.5 Å². The van der Waals surface area contributed by atoms with Gasteiger partial charge in [0.1, 0.15) is 18.0 Å². The van der Waals surface area contributed by atoms with Gasteiger partial charge in [0.25, 0.3) is 0 Å². The van der Waals surface area contributed by atoms with E-state index in [4.69, 9.17) is 9.47 Å². The number of amides is 1. The number of carbonyl (C=O) groups excluding carboxylic acids is 1. The van der Waals surface area contributed by atoms with E-state index in [1.807, 2.05) is 37.3 Å². The lowest BCUT2D eigenvalue weighted by atomic mass is 10.2. The van der Waals surface area contributed by atoms with Crippen molar-refractivity contribution in [2.24, 2.45) is 0 Å². The molecular weight excluding hydrogens is 382 g/mol. The number of nitrogens with one attached hydrogen (secondary N) is 2. The molecule has 7 heteroatoms. The van der Waals surface area contributed by atoms with Crippen LogP contribution >= 0.6 is 0 Å². The molecule has 0 aliphatic heterocycles. The maximum Gasteiger partial charge on any atom is 0.326 e. The first-order chi connectivity index (χ1) is 14.6. The molecule has 152 valence electrons. The average Bonchev–Trinajstić information content (AvgIpc) is 3.06. The van der Waals surface area contributed by atoms with Gasteiger partial charge >= 0.3 is 5.69 Å². The van der Waals surface area contributed by atoms with E-state index in [2.05, 4.69) is 10.3 Å². The number of H-pyrrole nitrogens is 1. The van der Waals surface area contributed by atoms with Crippen LogP contribution in [0, 0.1) is 0 Å². The lowest BCUT2D eigenvalue weighted by molar-refractivity contribution is -0.116. The summed E-state index contributed by atoms with van der Waals surface area (Å²) in [5, 5.41) is 2.83. The Morgan fingerprint density at radius 2 is 1.67 bits per heavy atom. The quantitative estimate of drug-likeness (QED) is 0.485. The van der Waals surface area contributed by atoms with Crippen LogP contribution in [0.25, 0.3) is 11.0 Å². The number of hydrogen-bond donors (Lipinski definition) is 2. The fourth-order valence-corrected chi connectivity index (χ4v) is 3.15. The first kappa shape index (κ1) is 19.3. The third kappa shape index (κ3) is 4.20. The lowest BCUT2D eigenvalue weighted by Crippen LogP contribution is -2.26. The molecule has 0 atom stereocenters. The number of aromatic amines is 1. The highest BCUT2D eigenvalue weighted by molar-refractivity contribution is 5.93. The van der Waals surface area contributed by atoms with E-state index in [0.29, 0.717) is 34.8 Å². The Kier molecular flexibility index (Phi) is 5.52. The predicted molar refractivity (Wildman–Crippen MR) is 115 cm³/mol. The molecule has 0 aliphatic rings. The SMILES string of the molecule is CCOc1ccc(Oc2ccccc2NC(=O)Cn2c(=O)[nH]c3ccccc32)cc1. The number of fused-ring (bicyclic) bond motifs is 1. The van der Waals surface area contributed by atoms with Crippen molar-refractivity contribution in [1.29, 1.82) is 0 Å². The third-order valence-electron chi connectivity index (χ3n) is 4.51.